The third kappa shape index (κ3) is 5.82. The quantitative estimate of drug-likeness (QED) is 0.434. The Kier molecular flexibility index (Phi) is 7.06. The summed E-state index contributed by atoms with van der Waals surface area (Å²) in [5, 5.41) is 11.1. The molecule has 0 atom stereocenters. The largest absolute Gasteiger partial charge is 0.495 e. The molecule has 32 heavy (non-hydrogen) atoms. The Bertz CT molecular complexity index is 1160. The summed E-state index contributed by atoms with van der Waals surface area (Å²) in [4.78, 5) is 41.0. The van der Waals surface area contributed by atoms with Gasteiger partial charge in [-0.3, -0.25) is 14.9 Å². The van der Waals surface area contributed by atoms with Gasteiger partial charge in [0.2, 0.25) is 5.91 Å². The van der Waals surface area contributed by atoms with Crippen molar-refractivity contribution in [3.8, 4) is 5.75 Å². The summed E-state index contributed by atoms with van der Waals surface area (Å²) in [5.41, 5.74) is 3.11. The fourth-order valence-corrected chi connectivity index (χ4v) is 3.68. The van der Waals surface area contributed by atoms with Crippen LogP contribution >= 0.6 is 11.3 Å². The monoisotopic (exact) mass is 453 g/mol. The number of carbonyl (C=O) groups excluding carboxylic acids is 3. The Morgan fingerprint density at radius 1 is 0.906 bits per heavy atom. The smallest absolute Gasteiger partial charge is 0.325 e. The first-order valence-electron chi connectivity index (χ1n) is 9.64. The number of amides is 4. The van der Waals surface area contributed by atoms with Gasteiger partial charge in [0.15, 0.2) is 5.13 Å². The van der Waals surface area contributed by atoms with Crippen molar-refractivity contribution in [3.63, 3.8) is 0 Å². The van der Waals surface area contributed by atoms with Gasteiger partial charge in [-0.2, -0.15) is 0 Å². The molecule has 2 aromatic carbocycles. The van der Waals surface area contributed by atoms with Crippen molar-refractivity contribution < 1.29 is 19.1 Å². The first-order valence-corrected chi connectivity index (χ1v) is 10.5. The molecule has 0 radical (unpaired) electrons. The molecule has 1 aromatic heterocycles. The molecule has 10 heteroatoms. The second-order valence-electron chi connectivity index (χ2n) is 6.93. The maximum absolute atomic E-state index is 12.8. The average Bonchev–Trinajstić information content (AvgIpc) is 3.09. The number of thiazole rings is 1. The van der Waals surface area contributed by atoms with Gasteiger partial charge in [0.1, 0.15) is 10.6 Å². The predicted octanol–water partition coefficient (Wildman–Crippen LogP) is 4.62. The van der Waals surface area contributed by atoms with Gasteiger partial charge in [-0.25, -0.2) is 9.78 Å². The molecule has 0 fully saturated rings. The molecule has 4 amide bonds. The van der Waals surface area contributed by atoms with Gasteiger partial charge in [-0.15, -0.1) is 0 Å². The molecule has 1 heterocycles. The number of hydrogen-bond donors (Lipinski definition) is 4. The number of hydrogen-bond acceptors (Lipinski definition) is 6. The summed E-state index contributed by atoms with van der Waals surface area (Å²) < 4.78 is 5.29. The summed E-state index contributed by atoms with van der Waals surface area (Å²) in [6, 6.07) is 11.8. The lowest BCUT2D eigenvalue weighted by Crippen LogP contribution is -2.19. The highest BCUT2D eigenvalue weighted by molar-refractivity contribution is 7.17. The fourth-order valence-electron chi connectivity index (χ4n) is 2.82. The van der Waals surface area contributed by atoms with Gasteiger partial charge in [0, 0.05) is 18.3 Å². The molecule has 0 saturated carbocycles. The van der Waals surface area contributed by atoms with Crippen molar-refractivity contribution in [1.82, 2.24) is 4.98 Å². The number of ether oxygens (including phenoxy) is 1. The number of benzene rings is 2. The Hall–Kier alpha value is -3.92. The highest BCUT2D eigenvalue weighted by Gasteiger charge is 2.18. The third-order valence-electron chi connectivity index (χ3n) is 4.30. The number of rotatable bonds is 6. The van der Waals surface area contributed by atoms with Gasteiger partial charge >= 0.3 is 6.03 Å². The van der Waals surface area contributed by atoms with Gasteiger partial charge in [-0.1, -0.05) is 29.0 Å². The molecule has 0 aliphatic heterocycles. The summed E-state index contributed by atoms with van der Waals surface area (Å²) in [5.74, 6) is -0.207. The molecule has 0 spiro atoms. The second-order valence-corrected chi connectivity index (χ2v) is 7.93. The average molecular weight is 454 g/mol. The molecule has 0 unspecified atom stereocenters. The predicted molar refractivity (Wildman–Crippen MR) is 126 cm³/mol. The first kappa shape index (κ1) is 22.8. The Morgan fingerprint density at radius 2 is 1.59 bits per heavy atom. The standard InChI is InChI=1S/C22H23N5O4S/c1-12-5-7-15(8-6-12)25-21(30)27-22-23-13(2)19(32-22)20(29)26-17-11-16(24-14(3)28)9-10-18(17)31-4/h5-11H,1-4H3,(H,24,28)(H,26,29)(H2,23,25,27,30). The zero-order chi connectivity index (χ0) is 23.3. The van der Waals surface area contributed by atoms with Crippen molar-refractivity contribution in [3.05, 3.63) is 58.6 Å². The maximum atomic E-state index is 12.8. The van der Waals surface area contributed by atoms with E-state index in [-0.39, 0.29) is 11.0 Å². The maximum Gasteiger partial charge on any atom is 0.325 e. The lowest BCUT2D eigenvalue weighted by Gasteiger charge is -2.12. The lowest BCUT2D eigenvalue weighted by atomic mass is 10.2. The van der Waals surface area contributed by atoms with E-state index in [0.29, 0.717) is 33.4 Å². The first-order chi connectivity index (χ1) is 15.2. The number of nitrogens with zero attached hydrogens (tertiary/aromatic N) is 1. The normalized spacial score (nSPS) is 10.2. The number of methoxy groups -OCH3 is 1. The molecular formula is C22H23N5O4S. The minimum Gasteiger partial charge on any atom is -0.495 e. The van der Waals surface area contributed by atoms with Gasteiger partial charge in [0.05, 0.1) is 18.5 Å². The summed E-state index contributed by atoms with van der Waals surface area (Å²) in [6.45, 7) is 5.03. The third-order valence-corrected chi connectivity index (χ3v) is 5.37. The molecule has 0 saturated heterocycles. The fraction of sp³-hybridized carbons (Fsp3) is 0.182. The second kappa shape index (κ2) is 9.92. The van der Waals surface area contributed by atoms with Gasteiger partial charge < -0.3 is 20.7 Å². The van der Waals surface area contributed by atoms with Crippen LogP contribution in [0.4, 0.5) is 27.0 Å². The minimum atomic E-state index is -0.459. The Labute approximate surface area is 189 Å². The van der Waals surface area contributed by atoms with Gasteiger partial charge in [-0.05, 0) is 44.2 Å². The van der Waals surface area contributed by atoms with Crippen LogP contribution in [-0.4, -0.2) is 29.9 Å². The highest BCUT2D eigenvalue weighted by Crippen LogP contribution is 2.30. The van der Waals surface area contributed by atoms with E-state index in [0.717, 1.165) is 16.9 Å². The number of carbonyl (C=O) groups is 3. The summed E-state index contributed by atoms with van der Waals surface area (Å²) >= 11 is 1.05. The molecule has 3 rings (SSSR count). The van der Waals surface area contributed by atoms with Crippen molar-refractivity contribution in [2.45, 2.75) is 20.8 Å². The number of aryl methyl sites for hydroxylation is 2. The van der Waals surface area contributed by atoms with E-state index in [4.69, 9.17) is 4.74 Å². The molecule has 0 aliphatic carbocycles. The Balaban J connectivity index is 1.71. The molecular weight excluding hydrogens is 430 g/mol. The van der Waals surface area contributed by atoms with E-state index in [2.05, 4.69) is 26.3 Å². The molecule has 0 bridgehead atoms. The number of anilines is 4. The van der Waals surface area contributed by atoms with Crippen LogP contribution in [0.2, 0.25) is 0 Å². The minimum absolute atomic E-state index is 0.231. The number of nitrogens with one attached hydrogen (secondary N) is 4. The van der Waals surface area contributed by atoms with E-state index in [1.165, 1.54) is 14.0 Å². The van der Waals surface area contributed by atoms with E-state index < -0.39 is 11.9 Å². The SMILES string of the molecule is COc1ccc(NC(C)=O)cc1NC(=O)c1sc(NC(=O)Nc2ccc(C)cc2)nc1C. The van der Waals surface area contributed by atoms with E-state index >= 15 is 0 Å². The number of urea groups is 1. The van der Waals surface area contributed by atoms with E-state index in [9.17, 15) is 14.4 Å². The van der Waals surface area contributed by atoms with Crippen molar-refractivity contribution in [1.29, 1.82) is 0 Å². The lowest BCUT2D eigenvalue weighted by molar-refractivity contribution is -0.114. The van der Waals surface area contributed by atoms with Crippen LogP contribution in [0.3, 0.4) is 0 Å². The topological polar surface area (TPSA) is 121 Å². The van der Waals surface area contributed by atoms with Crippen LogP contribution < -0.4 is 26.0 Å². The molecule has 4 N–H and O–H groups in total. The van der Waals surface area contributed by atoms with Crippen molar-refractivity contribution >= 4 is 51.4 Å². The van der Waals surface area contributed by atoms with E-state index in [1.807, 2.05) is 19.1 Å². The van der Waals surface area contributed by atoms with Gasteiger partial charge in [0.25, 0.3) is 5.91 Å². The van der Waals surface area contributed by atoms with Crippen molar-refractivity contribution in [2.75, 3.05) is 28.4 Å². The highest BCUT2D eigenvalue weighted by atomic mass is 32.1. The van der Waals surface area contributed by atoms with Crippen LogP contribution in [0.1, 0.15) is 27.9 Å². The van der Waals surface area contributed by atoms with Crippen LogP contribution in [0.5, 0.6) is 5.75 Å². The molecule has 166 valence electrons. The van der Waals surface area contributed by atoms with Crippen LogP contribution in [0.25, 0.3) is 0 Å². The van der Waals surface area contributed by atoms with E-state index in [1.54, 1.807) is 37.3 Å². The summed E-state index contributed by atoms with van der Waals surface area (Å²) in [6.07, 6.45) is 0. The molecule has 9 nitrogen and oxygen atoms in total. The van der Waals surface area contributed by atoms with Crippen LogP contribution in [0.15, 0.2) is 42.5 Å². The van der Waals surface area contributed by atoms with Crippen molar-refractivity contribution in [2.24, 2.45) is 0 Å². The zero-order valence-corrected chi connectivity index (χ0v) is 18.8. The summed E-state index contributed by atoms with van der Waals surface area (Å²) in [7, 11) is 1.48. The molecule has 3 aromatic rings. The molecule has 0 aliphatic rings. The number of aromatic nitrogens is 1. The van der Waals surface area contributed by atoms with Crippen LogP contribution in [-0.2, 0) is 4.79 Å². The zero-order valence-electron chi connectivity index (χ0n) is 18.0. The van der Waals surface area contributed by atoms with Crippen LogP contribution in [0, 0.1) is 13.8 Å². The Morgan fingerprint density at radius 3 is 2.25 bits per heavy atom.